The average molecular weight is 144 g/mol. The Bertz CT molecular complexity index is 150. The van der Waals surface area contributed by atoms with E-state index in [4.69, 9.17) is 5.73 Å². The van der Waals surface area contributed by atoms with Gasteiger partial charge in [-0.05, 0) is 20.8 Å². The fraction of sp³-hybridized carbons (Fsp3) is 0.667. The molecule has 0 fully saturated rings. The maximum Gasteiger partial charge on any atom is 0.182 e. The lowest BCUT2D eigenvalue weighted by molar-refractivity contribution is -0.127. The van der Waals surface area contributed by atoms with Crippen LogP contribution < -0.4 is 5.73 Å². The van der Waals surface area contributed by atoms with Gasteiger partial charge in [-0.15, -0.1) is 0 Å². The monoisotopic (exact) mass is 144 g/mol. The van der Waals surface area contributed by atoms with Gasteiger partial charge in [-0.1, -0.05) is 5.16 Å². The lowest BCUT2D eigenvalue weighted by Gasteiger charge is -2.03. The van der Waals surface area contributed by atoms with Crippen molar-refractivity contribution in [1.82, 2.24) is 0 Å². The van der Waals surface area contributed by atoms with Crippen molar-refractivity contribution in [3.63, 3.8) is 0 Å². The predicted molar refractivity (Wildman–Crippen MR) is 38.5 cm³/mol. The predicted octanol–water partition coefficient (Wildman–Crippen LogP) is 0.273. The molecule has 0 aromatic carbocycles. The molecule has 0 aliphatic heterocycles. The molecule has 0 spiro atoms. The second-order valence-electron chi connectivity index (χ2n) is 2.09. The number of hydrogen-bond acceptors (Lipinski definition) is 3. The molecule has 0 saturated carbocycles. The second kappa shape index (κ2) is 3.87. The van der Waals surface area contributed by atoms with Crippen LogP contribution in [0.2, 0.25) is 0 Å². The second-order valence-corrected chi connectivity index (χ2v) is 2.09. The zero-order valence-electron chi connectivity index (χ0n) is 6.42. The van der Waals surface area contributed by atoms with Crippen LogP contribution in [0.3, 0.4) is 0 Å². The largest absolute Gasteiger partial charge is 0.385 e. The zero-order chi connectivity index (χ0) is 8.15. The minimum Gasteiger partial charge on any atom is -0.385 e. The number of rotatable bonds is 3. The number of carbonyl (C=O) groups excluding carboxylic acids is 1. The van der Waals surface area contributed by atoms with Crippen LogP contribution in [0.15, 0.2) is 5.16 Å². The van der Waals surface area contributed by atoms with Crippen molar-refractivity contribution in [2.45, 2.75) is 26.9 Å². The van der Waals surface area contributed by atoms with Crippen molar-refractivity contribution in [1.29, 1.82) is 0 Å². The maximum absolute atomic E-state index is 10.5. The summed E-state index contributed by atoms with van der Waals surface area (Å²) in [5.74, 6) is 0.248. The van der Waals surface area contributed by atoms with Crippen LogP contribution in [0.4, 0.5) is 0 Å². The van der Waals surface area contributed by atoms with E-state index < -0.39 is 6.10 Å². The van der Waals surface area contributed by atoms with Crippen molar-refractivity contribution in [2.24, 2.45) is 10.9 Å². The Hall–Kier alpha value is -1.06. The van der Waals surface area contributed by atoms with Crippen LogP contribution in [-0.2, 0) is 9.63 Å². The molecule has 0 aromatic rings. The molecule has 1 atom stereocenters. The van der Waals surface area contributed by atoms with E-state index in [2.05, 4.69) is 9.99 Å². The van der Waals surface area contributed by atoms with E-state index in [9.17, 15) is 4.79 Å². The molecule has 1 unspecified atom stereocenters. The minimum absolute atomic E-state index is 0.0648. The molecule has 0 rings (SSSR count). The van der Waals surface area contributed by atoms with Gasteiger partial charge in [-0.25, -0.2) is 0 Å². The molecule has 2 N–H and O–H groups in total. The van der Waals surface area contributed by atoms with Gasteiger partial charge in [0.05, 0.1) is 0 Å². The van der Waals surface area contributed by atoms with Crippen LogP contribution in [0.1, 0.15) is 20.8 Å². The molecule has 4 heteroatoms. The van der Waals surface area contributed by atoms with Gasteiger partial charge < -0.3 is 10.6 Å². The fourth-order valence-electron chi connectivity index (χ4n) is 0.236. The Kier molecular flexibility index (Phi) is 3.46. The van der Waals surface area contributed by atoms with Gasteiger partial charge in [0.1, 0.15) is 5.84 Å². The molecule has 4 nitrogen and oxygen atoms in total. The molecule has 10 heavy (non-hydrogen) atoms. The van der Waals surface area contributed by atoms with Crippen LogP contribution in [0.25, 0.3) is 0 Å². The van der Waals surface area contributed by atoms with Gasteiger partial charge in [0.15, 0.2) is 11.9 Å². The molecular formula is C6H12N2O2. The highest BCUT2D eigenvalue weighted by Crippen LogP contribution is 1.91. The molecule has 0 aliphatic carbocycles. The van der Waals surface area contributed by atoms with E-state index in [1.807, 2.05) is 0 Å². The van der Waals surface area contributed by atoms with Crippen LogP contribution >= 0.6 is 0 Å². The molecular weight excluding hydrogens is 132 g/mol. The highest BCUT2D eigenvalue weighted by molar-refractivity contribution is 5.80. The summed E-state index contributed by atoms with van der Waals surface area (Å²) in [6.07, 6.45) is -0.501. The molecule has 0 radical (unpaired) electrons. The Labute approximate surface area is 60.0 Å². The average Bonchev–Trinajstić information content (AvgIpc) is 1.82. The SMILES string of the molecule is CC(=O)C(C)ON=C(C)N. The Balaban J connectivity index is 3.70. The maximum atomic E-state index is 10.5. The Morgan fingerprint density at radius 1 is 1.60 bits per heavy atom. The lowest BCUT2D eigenvalue weighted by atomic mass is 10.3. The number of amidine groups is 1. The molecule has 0 bridgehead atoms. The summed E-state index contributed by atoms with van der Waals surface area (Å²) in [4.78, 5) is 15.2. The summed E-state index contributed by atoms with van der Waals surface area (Å²) in [6, 6.07) is 0. The third-order valence-corrected chi connectivity index (χ3v) is 0.927. The number of oxime groups is 1. The number of nitrogens with two attached hydrogens (primary N) is 1. The summed E-state index contributed by atoms with van der Waals surface area (Å²) in [7, 11) is 0. The topological polar surface area (TPSA) is 64.7 Å². The number of nitrogens with zero attached hydrogens (tertiary/aromatic N) is 1. The summed E-state index contributed by atoms with van der Waals surface area (Å²) in [6.45, 7) is 4.65. The van der Waals surface area contributed by atoms with Crippen molar-refractivity contribution in [3.05, 3.63) is 0 Å². The first kappa shape index (κ1) is 8.94. The highest BCUT2D eigenvalue weighted by atomic mass is 16.6. The van der Waals surface area contributed by atoms with Gasteiger partial charge in [-0.3, -0.25) is 4.79 Å². The summed E-state index contributed by atoms with van der Waals surface area (Å²) < 4.78 is 0. The minimum atomic E-state index is -0.501. The van der Waals surface area contributed by atoms with Gasteiger partial charge in [0.2, 0.25) is 0 Å². The van der Waals surface area contributed by atoms with Gasteiger partial charge in [0.25, 0.3) is 0 Å². The van der Waals surface area contributed by atoms with Gasteiger partial charge in [0, 0.05) is 0 Å². The first-order valence-corrected chi connectivity index (χ1v) is 3.00. The highest BCUT2D eigenvalue weighted by Gasteiger charge is 2.06. The van der Waals surface area contributed by atoms with Gasteiger partial charge >= 0.3 is 0 Å². The van der Waals surface area contributed by atoms with Crippen LogP contribution in [-0.4, -0.2) is 17.7 Å². The van der Waals surface area contributed by atoms with E-state index in [-0.39, 0.29) is 5.78 Å². The van der Waals surface area contributed by atoms with E-state index in [0.29, 0.717) is 5.84 Å². The molecule has 58 valence electrons. The van der Waals surface area contributed by atoms with Crippen molar-refractivity contribution >= 4 is 11.6 Å². The van der Waals surface area contributed by atoms with E-state index >= 15 is 0 Å². The number of ketones is 1. The Morgan fingerprint density at radius 2 is 2.10 bits per heavy atom. The van der Waals surface area contributed by atoms with Crippen molar-refractivity contribution < 1.29 is 9.63 Å². The Morgan fingerprint density at radius 3 is 2.40 bits per heavy atom. The third-order valence-electron chi connectivity index (χ3n) is 0.927. The van der Waals surface area contributed by atoms with E-state index in [1.165, 1.54) is 6.92 Å². The smallest absolute Gasteiger partial charge is 0.182 e. The summed E-state index contributed by atoms with van der Waals surface area (Å²) in [5.41, 5.74) is 5.15. The molecule has 0 aromatic heterocycles. The number of carbonyl (C=O) groups is 1. The van der Waals surface area contributed by atoms with Crippen LogP contribution in [0.5, 0.6) is 0 Å². The fourth-order valence-corrected chi connectivity index (χ4v) is 0.236. The van der Waals surface area contributed by atoms with Gasteiger partial charge in [-0.2, -0.15) is 0 Å². The molecule has 0 heterocycles. The molecule has 0 amide bonds. The first-order valence-electron chi connectivity index (χ1n) is 3.00. The van der Waals surface area contributed by atoms with Crippen molar-refractivity contribution in [3.8, 4) is 0 Å². The molecule has 0 aliphatic rings. The number of hydrogen-bond donors (Lipinski definition) is 1. The van der Waals surface area contributed by atoms with Crippen LogP contribution in [0, 0.1) is 0 Å². The quantitative estimate of drug-likeness (QED) is 0.351. The zero-order valence-corrected chi connectivity index (χ0v) is 6.42. The number of Topliss-reactive ketones (excluding diaryl/α,β-unsaturated/α-hetero) is 1. The van der Waals surface area contributed by atoms with E-state index in [0.717, 1.165) is 0 Å². The standard InChI is InChI=1S/C6H12N2O2/c1-4(9)5(2)10-8-6(3)7/h5H,1-3H3,(H2,7,8). The van der Waals surface area contributed by atoms with E-state index in [1.54, 1.807) is 13.8 Å². The molecule has 0 saturated heterocycles. The van der Waals surface area contributed by atoms with Crippen molar-refractivity contribution in [2.75, 3.05) is 0 Å². The lowest BCUT2D eigenvalue weighted by Crippen LogP contribution is -2.17. The summed E-state index contributed by atoms with van der Waals surface area (Å²) in [5, 5.41) is 3.42. The third kappa shape index (κ3) is 3.88. The summed E-state index contributed by atoms with van der Waals surface area (Å²) >= 11 is 0. The first-order chi connectivity index (χ1) is 4.54. The normalized spacial score (nSPS) is 14.5.